The Morgan fingerprint density at radius 1 is 1.39 bits per heavy atom. The van der Waals surface area contributed by atoms with Gasteiger partial charge in [-0.25, -0.2) is 14.8 Å². The lowest BCUT2D eigenvalue weighted by molar-refractivity contribution is -0.0415. The largest absolute Gasteiger partial charge is 0.473 e. The number of hydrogen-bond acceptors (Lipinski definition) is 7. The van der Waals surface area contributed by atoms with Crippen LogP contribution < -0.4 is 4.74 Å². The zero-order valence-electron chi connectivity index (χ0n) is 15.6. The Morgan fingerprint density at radius 2 is 2.21 bits per heavy atom. The van der Waals surface area contributed by atoms with Gasteiger partial charge in [0.25, 0.3) is 0 Å². The third kappa shape index (κ3) is 3.46. The second-order valence-electron chi connectivity index (χ2n) is 6.54. The summed E-state index contributed by atoms with van der Waals surface area (Å²) in [5, 5.41) is 13.4. The van der Waals surface area contributed by atoms with E-state index >= 15 is 0 Å². The van der Waals surface area contributed by atoms with E-state index in [-0.39, 0.29) is 19.3 Å². The summed E-state index contributed by atoms with van der Waals surface area (Å²) in [5.74, 6) is 0.333. The summed E-state index contributed by atoms with van der Waals surface area (Å²) in [6.45, 7) is 3.07. The van der Waals surface area contributed by atoms with Crippen molar-refractivity contribution in [3.05, 3.63) is 30.4 Å². The fourth-order valence-electron chi connectivity index (χ4n) is 3.10. The molecule has 4 heterocycles. The van der Waals surface area contributed by atoms with Crippen molar-refractivity contribution in [2.75, 3.05) is 26.3 Å². The van der Waals surface area contributed by atoms with Crippen molar-refractivity contribution in [2.45, 2.75) is 13.0 Å². The number of morpholine rings is 1. The van der Waals surface area contributed by atoms with E-state index in [0.29, 0.717) is 35.8 Å². The monoisotopic (exact) mass is 384 g/mol. The Hall–Kier alpha value is -3.27. The molecule has 1 aliphatic heterocycles. The number of amides is 1. The maximum atomic E-state index is 11.2. The maximum absolute atomic E-state index is 11.2. The van der Waals surface area contributed by atoms with E-state index in [1.165, 1.54) is 4.90 Å². The molecule has 0 unspecified atom stereocenters. The SMILES string of the molecule is Cc1c(-c2cc3nccnc3c(OC[C@@H]3CN(C(=O)O)CCO3)n2)cnn1C. The number of aromatic nitrogens is 5. The first-order valence-electron chi connectivity index (χ1n) is 8.86. The van der Waals surface area contributed by atoms with E-state index in [9.17, 15) is 4.79 Å². The third-order valence-corrected chi connectivity index (χ3v) is 4.75. The summed E-state index contributed by atoms with van der Waals surface area (Å²) in [4.78, 5) is 25.8. The molecule has 0 aromatic carbocycles. The van der Waals surface area contributed by atoms with Gasteiger partial charge in [-0.15, -0.1) is 0 Å². The molecule has 10 heteroatoms. The fraction of sp³-hybridized carbons (Fsp3) is 0.389. The Labute approximate surface area is 160 Å². The zero-order valence-corrected chi connectivity index (χ0v) is 15.6. The van der Waals surface area contributed by atoms with Gasteiger partial charge in [0.15, 0.2) is 5.52 Å². The lowest BCUT2D eigenvalue weighted by Gasteiger charge is -2.30. The smallest absolute Gasteiger partial charge is 0.407 e. The molecule has 0 spiro atoms. The van der Waals surface area contributed by atoms with Crippen LogP contribution in [0.25, 0.3) is 22.3 Å². The first-order valence-corrected chi connectivity index (χ1v) is 8.86. The van der Waals surface area contributed by atoms with Gasteiger partial charge in [0.2, 0.25) is 5.88 Å². The molecule has 4 rings (SSSR count). The summed E-state index contributed by atoms with van der Waals surface area (Å²) in [6, 6.07) is 1.85. The summed E-state index contributed by atoms with van der Waals surface area (Å²) >= 11 is 0. The molecule has 1 aliphatic rings. The molecule has 0 aliphatic carbocycles. The van der Waals surface area contributed by atoms with Crippen LogP contribution in [0, 0.1) is 6.92 Å². The van der Waals surface area contributed by atoms with Crippen molar-refractivity contribution >= 4 is 17.1 Å². The van der Waals surface area contributed by atoms with E-state index in [0.717, 1.165) is 11.3 Å². The molecule has 3 aromatic rings. The molecule has 10 nitrogen and oxygen atoms in total. The molecule has 1 atom stereocenters. The molecule has 1 amide bonds. The van der Waals surface area contributed by atoms with Crippen LogP contribution in [0.1, 0.15) is 5.69 Å². The van der Waals surface area contributed by atoms with Crippen LogP contribution >= 0.6 is 0 Å². The Bertz CT molecular complexity index is 1020. The molecule has 0 saturated carbocycles. The molecule has 146 valence electrons. The highest BCUT2D eigenvalue weighted by Crippen LogP contribution is 2.28. The fourth-order valence-corrected chi connectivity index (χ4v) is 3.10. The van der Waals surface area contributed by atoms with Crippen molar-refractivity contribution in [1.82, 2.24) is 29.6 Å². The lowest BCUT2D eigenvalue weighted by Crippen LogP contribution is -2.47. The standard InChI is InChI=1S/C18H20N6O4/c1-11-13(8-21-23(11)2)14-7-15-16(20-4-3-19-15)17(22-14)28-10-12-9-24(18(25)26)5-6-27-12/h3-4,7-8,12H,5-6,9-10H2,1-2H3,(H,25,26)/t12-/m0/s1. The number of ether oxygens (including phenoxy) is 2. The summed E-state index contributed by atoms with van der Waals surface area (Å²) in [5.41, 5.74) is 3.73. The first-order chi connectivity index (χ1) is 13.5. The van der Waals surface area contributed by atoms with Gasteiger partial charge < -0.3 is 19.5 Å². The average molecular weight is 384 g/mol. The summed E-state index contributed by atoms with van der Waals surface area (Å²) in [6.07, 6.45) is 3.60. The Balaban J connectivity index is 1.62. The molecule has 1 N–H and O–H groups in total. The van der Waals surface area contributed by atoms with E-state index < -0.39 is 6.09 Å². The molecule has 0 radical (unpaired) electrons. The van der Waals surface area contributed by atoms with E-state index in [4.69, 9.17) is 14.6 Å². The Kier molecular flexibility index (Phi) is 4.78. The topological polar surface area (TPSA) is 115 Å². The van der Waals surface area contributed by atoms with Gasteiger partial charge in [-0.1, -0.05) is 0 Å². The molecule has 28 heavy (non-hydrogen) atoms. The normalized spacial score (nSPS) is 17.1. The zero-order chi connectivity index (χ0) is 19.7. The number of aryl methyl sites for hydroxylation is 1. The number of hydrogen-bond donors (Lipinski definition) is 1. The van der Waals surface area contributed by atoms with Crippen LogP contribution in [0.2, 0.25) is 0 Å². The van der Waals surface area contributed by atoms with Crippen LogP contribution in [-0.2, 0) is 11.8 Å². The van der Waals surface area contributed by atoms with Gasteiger partial charge in [0.05, 0.1) is 30.6 Å². The number of pyridine rings is 1. The summed E-state index contributed by atoms with van der Waals surface area (Å²) < 4.78 is 13.3. The van der Waals surface area contributed by atoms with Crippen LogP contribution in [0.5, 0.6) is 5.88 Å². The molecule has 1 saturated heterocycles. The van der Waals surface area contributed by atoms with Crippen LogP contribution in [0.3, 0.4) is 0 Å². The minimum atomic E-state index is -0.961. The highest BCUT2D eigenvalue weighted by molar-refractivity contribution is 5.83. The van der Waals surface area contributed by atoms with Crippen molar-refractivity contribution in [2.24, 2.45) is 7.05 Å². The van der Waals surface area contributed by atoms with Crippen LogP contribution in [-0.4, -0.2) is 73.2 Å². The van der Waals surface area contributed by atoms with Gasteiger partial charge in [-0.2, -0.15) is 5.10 Å². The molecular formula is C18H20N6O4. The van der Waals surface area contributed by atoms with Crippen molar-refractivity contribution in [3.8, 4) is 17.1 Å². The predicted molar refractivity (Wildman–Crippen MR) is 99.1 cm³/mol. The lowest BCUT2D eigenvalue weighted by atomic mass is 10.1. The molecular weight excluding hydrogens is 364 g/mol. The van der Waals surface area contributed by atoms with Gasteiger partial charge in [0.1, 0.15) is 12.7 Å². The van der Waals surface area contributed by atoms with Gasteiger partial charge in [-0.05, 0) is 13.0 Å². The summed E-state index contributed by atoms with van der Waals surface area (Å²) in [7, 11) is 1.87. The number of carboxylic acid groups (broad SMARTS) is 1. The second-order valence-corrected chi connectivity index (χ2v) is 6.54. The highest BCUT2D eigenvalue weighted by Gasteiger charge is 2.25. The third-order valence-electron chi connectivity index (χ3n) is 4.75. The number of rotatable bonds is 4. The maximum Gasteiger partial charge on any atom is 0.407 e. The van der Waals surface area contributed by atoms with E-state index in [2.05, 4.69) is 20.1 Å². The van der Waals surface area contributed by atoms with Crippen molar-refractivity contribution < 1.29 is 19.4 Å². The molecule has 3 aromatic heterocycles. The van der Waals surface area contributed by atoms with Gasteiger partial charge >= 0.3 is 6.09 Å². The van der Waals surface area contributed by atoms with Crippen molar-refractivity contribution in [1.29, 1.82) is 0 Å². The molecule has 0 bridgehead atoms. The van der Waals surface area contributed by atoms with Gasteiger partial charge in [-0.3, -0.25) is 9.67 Å². The minimum Gasteiger partial charge on any atom is -0.473 e. The Morgan fingerprint density at radius 3 is 2.96 bits per heavy atom. The molecule has 1 fully saturated rings. The number of carbonyl (C=O) groups is 1. The average Bonchev–Trinajstić information content (AvgIpc) is 3.04. The van der Waals surface area contributed by atoms with Crippen LogP contribution in [0.15, 0.2) is 24.7 Å². The van der Waals surface area contributed by atoms with E-state index in [1.807, 2.05) is 20.0 Å². The second kappa shape index (κ2) is 7.39. The number of fused-ring (bicyclic) bond motifs is 1. The quantitative estimate of drug-likeness (QED) is 0.719. The van der Waals surface area contributed by atoms with Crippen LogP contribution in [0.4, 0.5) is 4.79 Å². The number of nitrogens with zero attached hydrogens (tertiary/aromatic N) is 6. The highest BCUT2D eigenvalue weighted by atomic mass is 16.5. The minimum absolute atomic E-state index is 0.165. The van der Waals surface area contributed by atoms with Crippen molar-refractivity contribution in [3.63, 3.8) is 0 Å². The predicted octanol–water partition coefficient (Wildman–Crippen LogP) is 1.49. The van der Waals surface area contributed by atoms with Gasteiger partial charge in [0, 0.05) is 37.2 Å². The van der Waals surface area contributed by atoms with E-state index in [1.54, 1.807) is 23.3 Å². The first kappa shape index (κ1) is 18.1.